The first-order valence-electron chi connectivity index (χ1n) is 5.42. The second-order valence-corrected chi connectivity index (χ2v) is 4.13. The van der Waals surface area contributed by atoms with Crippen LogP contribution in [0.15, 0.2) is 24.3 Å². The van der Waals surface area contributed by atoms with Crippen LogP contribution < -0.4 is 15.4 Å². The third-order valence-electron chi connectivity index (χ3n) is 2.60. The molecule has 1 fully saturated rings. The summed E-state index contributed by atoms with van der Waals surface area (Å²) in [5, 5.41) is 6.58. The van der Waals surface area contributed by atoms with Gasteiger partial charge >= 0.3 is 0 Å². The van der Waals surface area contributed by atoms with Crippen LogP contribution in [0.5, 0.6) is 5.75 Å². The van der Waals surface area contributed by atoms with Crippen molar-refractivity contribution in [1.82, 2.24) is 10.6 Å². The van der Waals surface area contributed by atoms with Crippen molar-refractivity contribution in [2.75, 3.05) is 19.6 Å². The zero-order valence-corrected chi connectivity index (χ0v) is 9.32. The van der Waals surface area contributed by atoms with Gasteiger partial charge in [0.05, 0.1) is 0 Å². The second-order valence-electron chi connectivity index (χ2n) is 4.13. The van der Waals surface area contributed by atoms with Crippen LogP contribution in [0.25, 0.3) is 0 Å². The average molecular weight is 220 g/mol. The first-order valence-corrected chi connectivity index (χ1v) is 5.42. The summed E-state index contributed by atoms with van der Waals surface area (Å²) < 4.78 is 5.85. The lowest BCUT2D eigenvalue weighted by Gasteiger charge is -2.35. The van der Waals surface area contributed by atoms with Crippen LogP contribution in [0.4, 0.5) is 0 Å². The molecule has 1 aromatic carbocycles. The van der Waals surface area contributed by atoms with E-state index >= 15 is 0 Å². The Labute approximate surface area is 95.0 Å². The monoisotopic (exact) mass is 220 g/mol. The lowest BCUT2D eigenvalue weighted by molar-refractivity contribution is 0.0380. The van der Waals surface area contributed by atoms with Gasteiger partial charge in [0.25, 0.3) is 0 Å². The van der Waals surface area contributed by atoms with E-state index in [1.165, 1.54) is 0 Å². The third-order valence-corrected chi connectivity index (χ3v) is 2.60. The topological polar surface area (TPSA) is 50.4 Å². The van der Waals surface area contributed by atoms with Crippen molar-refractivity contribution < 1.29 is 9.53 Å². The summed E-state index contributed by atoms with van der Waals surface area (Å²) in [6.45, 7) is 4.57. The fourth-order valence-corrected chi connectivity index (χ4v) is 1.79. The number of hydrogen-bond donors (Lipinski definition) is 2. The number of carbonyl (C=O) groups is 1. The molecule has 1 aromatic rings. The number of carbonyl (C=O) groups excluding carboxylic acids is 1. The molecule has 0 amide bonds. The molecule has 0 unspecified atom stereocenters. The third kappa shape index (κ3) is 2.59. The highest BCUT2D eigenvalue weighted by molar-refractivity contribution is 5.75. The minimum Gasteiger partial charge on any atom is -0.472 e. The predicted molar refractivity (Wildman–Crippen MR) is 61.7 cm³/mol. The number of benzene rings is 1. The van der Waals surface area contributed by atoms with Gasteiger partial charge in [0.2, 0.25) is 0 Å². The van der Waals surface area contributed by atoms with Gasteiger partial charge in [0, 0.05) is 25.2 Å². The molecule has 86 valence electrons. The van der Waals surface area contributed by atoms with Crippen molar-refractivity contribution in [1.29, 1.82) is 0 Å². The van der Waals surface area contributed by atoms with Crippen LogP contribution >= 0.6 is 0 Å². The number of hydrogen-bond acceptors (Lipinski definition) is 4. The zero-order chi connectivity index (χ0) is 11.4. The van der Waals surface area contributed by atoms with Crippen LogP contribution in [-0.2, 0) is 0 Å². The minimum absolute atomic E-state index is 0.403. The molecule has 0 spiro atoms. The molecule has 0 aromatic heterocycles. The highest BCUT2D eigenvalue weighted by atomic mass is 16.5. The largest absolute Gasteiger partial charge is 0.472 e. The average Bonchev–Trinajstić information content (AvgIpc) is 2.29. The Kier molecular flexibility index (Phi) is 3.22. The smallest absolute Gasteiger partial charge is 0.170 e. The number of aldehydes is 1. The Bertz CT molecular complexity index is 373. The fraction of sp³-hybridized carbons (Fsp3) is 0.417. The van der Waals surface area contributed by atoms with E-state index in [1.807, 2.05) is 19.1 Å². The van der Waals surface area contributed by atoms with Gasteiger partial charge < -0.3 is 10.1 Å². The van der Waals surface area contributed by atoms with Gasteiger partial charge in [-0.1, -0.05) is 12.1 Å². The highest BCUT2D eigenvalue weighted by Crippen LogP contribution is 2.18. The van der Waals surface area contributed by atoms with Crippen molar-refractivity contribution in [3.05, 3.63) is 29.8 Å². The number of piperazine rings is 1. The summed E-state index contributed by atoms with van der Waals surface area (Å²) in [6.07, 6.45) is 0.821. The van der Waals surface area contributed by atoms with E-state index in [1.54, 1.807) is 12.1 Å². The van der Waals surface area contributed by atoms with Gasteiger partial charge in [0.1, 0.15) is 12.0 Å². The van der Waals surface area contributed by atoms with Gasteiger partial charge in [-0.15, -0.1) is 0 Å². The van der Waals surface area contributed by atoms with Crippen molar-refractivity contribution in [3.8, 4) is 5.75 Å². The Hall–Kier alpha value is -1.39. The van der Waals surface area contributed by atoms with Crippen molar-refractivity contribution in [2.24, 2.45) is 0 Å². The van der Waals surface area contributed by atoms with E-state index in [9.17, 15) is 4.79 Å². The molecule has 1 aliphatic rings. The Morgan fingerprint density at radius 2 is 2.31 bits per heavy atom. The summed E-state index contributed by atoms with van der Waals surface area (Å²) in [5.41, 5.74) is 0.226. The molecule has 0 aliphatic carbocycles. The minimum atomic E-state index is -0.403. The summed E-state index contributed by atoms with van der Waals surface area (Å²) in [5.74, 6) is 0.711. The lowest BCUT2D eigenvalue weighted by Crippen LogP contribution is -2.60. The van der Waals surface area contributed by atoms with Crippen LogP contribution in [0.1, 0.15) is 17.3 Å². The standard InChI is InChI=1S/C12H16N2O2/c1-12(9-13-5-6-14-12)16-11-4-2-3-10(7-11)8-15/h2-4,7-8,13-14H,5-6,9H2,1H3/t12-/m0/s1. The predicted octanol–water partition coefficient (Wildman–Crippen LogP) is 0.787. The fourth-order valence-electron chi connectivity index (χ4n) is 1.79. The SMILES string of the molecule is C[C@]1(Oc2cccc(C=O)c2)CNCCN1. The molecule has 1 aliphatic heterocycles. The number of nitrogens with one attached hydrogen (secondary N) is 2. The first kappa shape index (κ1) is 11.1. The number of ether oxygens (including phenoxy) is 1. The molecule has 0 saturated carbocycles. The molecular weight excluding hydrogens is 204 g/mol. The van der Waals surface area contributed by atoms with Crippen molar-refractivity contribution in [3.63, 3.8) is 0 Å². The highest BCUT2D eigenvalue weighted by Gasteiger charge is 2.27. The van der Waals surface area contributed by atoms with E-state index in [0.29, 0.717) is 11.3 Å². The molecule has 4 nitrogen and oxygen atoms in total. The Morgan fingerprint density at radius 1 is 1.44 bits per heavy atom. The van der Waals surface area contributed by atoms with Crippen molar-refractivity contribution in [2.45, 2.75) is 12.6 Å². The van der Waals surface area contributed by atoms with E-state index in [0.717, 1.165) is 25.9 Å². The van der Waals surface area contributed by atoms with E-state index in [4.69, 9.17) is 4.74 Å². The van der Waals surface area contributed by atoms with Crippen LogP contribution in [0.2, 0.25) is 0 Å². The van der Waals surface area contributed by atoms with Crippen LogP contribution in [0, 0.1) is 0 Å². The van der Waals surface area contributed by atoms with Gasteiger partial charge in [-0.05, 0) is 19.1 Å². The second kappa shape index (κ2) is 4.63. The maximum Gasteiger partial charge on any atom is 0.170 e. The van der Waals surface area contributed by atoms with Crippen molar-refractivity contribution >= 4 is 6.29 Å². The molecule has 4 heteroatoms. The molecule has 2 N–H and O–H groups in total. The molecule has 1 atom stereocenters. The maximum atomic E-state index is 10.6. The molecule has 2 rings (SSSR count). The van der Waals surface area contributed by atoms with E-state index < -0.39 is 5.72 Å². The van der Waals surface area contributed by atoms with Crippen LogP contribution in [0.3, 0.4) is 0 Å². The maximum absolute atomic E-state index is 10.6. The molecule has 16 heavy (non-hydrogen) atoms. The Morgan fingerprint density at radius 3 is 3.00 bits per heavy atom. The summed E-state index contributed by atoms with van der Waals surface area (Å²) >= 11 is 0. The molecule has 0 radical (unpaired) electrons. The van der Waals surface area contributed by atoms with Gasteiger partial charge in [-0.2, -0.15) is 0 Å². The van der Waals surface area contributed by atoms with E-state index in [2.05, 4.69) is 10.6 Å². The summed E-state index contributed by atoms with van der Waals surface area (Å²) in [6, 6.07) is 7.18. The quantitative estimate of drug-likeness (QED) is 0.739. The van der Waals surface area contributed by atoms with Gasteiger partial charge in [-0.3, -0.25) is 10.1 Å². The molecule has 1 heterocycles. The van der Waals surface area contributed by atoms with Crippen LogP contribution in [-0.4, -0.2) is 31.6 Å². The molecular formula is C12H16N2O2. The number of rotatable bonds is 3. The normalized spacial score (nSPS) is 25.1. The molecule has 1 saturated heterocycles. The first-order chi connectivity index (χ1) is 7.72. The summed E-state index contributed by atoms with van der Waals surface area (Å²) in [4.78, 5) is 10.6. The zero-order valence-electron chi connectivity index (χ0n) is 9.32. The Balaban J connectivity index is 2.09. The lowest BCUT2D eigenvalue weighted by atomic mass is 10.2. The molecule has 0 bridgehead atoms. The van der Waals surface area contributed by atoms with Gasteiger partial charge in [0.15, 0.2) is 5.72 Å². The van der Waals surface area contributed by atoms with Gasteiger partial charge in [-0.25, -0.2) is 0 Å². The van der Waals surface area contributed by atoms with E-state index in [-0.39, 0.29) is 0 Å². The summed E-state index contributed by atoms with van der Waals surface area (Å²) in [7, 11) is 0.